The van der Waals surface area contributed by atoms with Crippen molar-refractivity contribution in [2.75, 3.05) is 22.6 Å². The molecule has 4 aromatic rings. The van der Waals surface area contributed by atoms with Crippen molar-refractivity contribution in [3.63, 3.8) is 0 Å². The monoisotopic (exact) mass is 480 g/mol. The highest BCUT2D eigenvalue weighted by molar-refractivity contribution is 6.34. The van der Waals surface area contributed by atoms with Crippen LogP contribution in [0.15, 0.2) is 72.9 Å². The number of benzene rings is 3. The highest BCUT2D eigenvalue weighted by Gasteiger charge is 2.36. The Hall–Kier alpha value is -5.05. The lowest BCUT2D eigenvalue weighted by Crippen LogP contribution is -2.29. The van der Waals surface area contributed by atoms with E-state index in [1.165, 1.54) is 18.3 Å². The average molecular weight is 480 g/mol. The first-order chi connectivity index (χ1) is 17.4. The summed E-state index contributed by atoms with van der Waals surface area (Å²) in [6.07, 6.45) is 1.36. The first-order valence-electron chi connectivity index (χ1n) is 11.1. The van der Waals surface area contributed by atoms with Crippen LogP contribution in [0.1, 0.15) is 48.4 Å². The number of pyridine rings is 1. The number of fused-ring (bicyclic) bond motifs is 2. The van der Waals surface area contributed by atoms with Crippen LogP contribution in [0.4, 0.5) is 17.1 Å². The van der Waals surface area contributed by atoms with E-state index in [4.69, 9.17) is 10.5 Å². The van der Waals surface area contributed by atoms with E-state index in [1.807, 2.05) is 0 Å². The molecule has 178 valence electrons. The number of imide groups is 1. The molecule has 5 rings (SSSR count). The van der Waals surface area contributed by atoms with E-state index in [2.05, 4.69) is 10.3 Å². The van der Waals surface area contributed by atoms with Gasteiger partial charge in [0.15, 0.2) is 0 Å². The molecule has 0 aliphatic carbocycles. The summed E-state index contributed by atoms with van der Waals surface area (Å²) in [5.41, 5.74) is 8.93. The van der Waals surface area contributed by atoms with E-state index in [0.717, 1.165) is 4.90 Å². The van der Waals surface area contributed by atoms with Crippen LogP contribution < -0.4 is 16.0 Å². The van der Waals surface area contributed by atoms with E-state index in [-0.39, 0.29) is 17.9 Å². The maximum absolute atomic E-state index is 12.9. The Bertz CT molecular complexity index is 1530. The van der Waals surface area contributed by atoms with Crippen LogP contribution in [0.5, 0.6) is 0 Å². The fraction of sp³-hybridized carbons (Fsp3) is 0.0741. The van der Waals surface area contributed by atoms with Gasteiger partial charge in [-0.25, -0.2) is 9.69 Å². The second kappa shape index (κ2) is 8.95. The zero-order valence-electron chi connectivity index (χ0n) is 19.1. The molecule has 0 radical (unpaired) electrons. The van der Waals surface area contributed by atoms with Crippen LogP contribution in [0.3, 0.4) is 0 Å². The van der Waals surface area contributed by atoms with Gasteiger partial charge in [0, 0.05) is 22.8 Å². The summed E-state index contributed by atoms with van der Waals surface area (Å²) in [4.78, 5) is 55.7. The normalized spacial score (nSPS) is 12.5. The molecule has 2 heterocycles. The van der Waals surface area contributed by atoms with Gasteiger partial charge in [-0.2, -0.15) is 0 Å². The summed E-state index contributed by atoms with van der Waals surface area (Å²) in [7, 11) is 0. The van der Waals surface area contributed by atoms with Crippen LogP contribution in [-0.4, -0.2) is 35.3 Å². The fourth-order valence-corrected chi connectivity index (χ4v) is 4.05. The Kier molecular flexibility index (Phi) is 5.65. The molecule has 1 aromatic heterocycles. The molecule has 0 fully saturated rings. The molecule has 0 bridgehead atoms. The number of ether oxygens (including phenoxy) is 1. The van der Waals surface area contributed by atoms with E-state index in [1.54, 1.807) is 61.5 Å². The number of carbonyl (C=O) groups is 4. The molecular weight excluding hydrogens is 460 g/mol. The van der Waals surface area contributed by atoms with Crippen molar-refractivity contribution in [1.29, 1.82) is 0 Å². The number of aromatic nitrogens is 1. The summed E-state index contributed by atoms with van der Waals surface area (Å²) in [6, 6.07) is 17.8. The number of amides is 3. The zero-order valence-corrected chi connectivity index (χ0v) is 19.1. The van der Waals surface area contributed by atoms with Gasteiger partial charge in [0.05, 0.1) is 34.6 Å². The number of nitrogens with one attached hydrogen (secondary N) is 1. The molecule has 3 amide bonds. The molecule has 3 N–H and O–H groups in total. The largest absolute Gasteiger partial charge is 0.462 e. The number of rotatable bonds is 5. The molecule has 9 nitrogen and oxygen atoms in total. The highest BCUT2D eigenvalue weighted by atomic mass is 16.5. The summed E-state index contributed by atoms with van der Waals surface area (Å²) >= 11 is 0. The second-order valence-corrected chi connectivity index (χ2v) is 8.03. The van der Waals surface area contributed by atoms with Crippen molar-refractivity contribution in [3.05, 3.63) is 95.2 Å². The molecule has 0 spiro atoms. The predicted molar refractivity (Wildman–Crippen MR) is 134 cm³/mol. The molecular formula is C27H20N4O5. The minimum absolute atomic E-state index is 0.150. The first-order valence-corrected chi connectivity index (χ1v) is 11.1. The Balaban J connectivity index is 1.36. The van der Waals surface area contributed by atoms with Crippen molar-refractivity contribution < 1.29 is 23.9 Å². The molecule has 1 aliphatic heterocycles. The summed E-state index contributed by atoms with van der Waals surface area (Å²) < 4.78 is 5.01. The van der Waals surface area contributed by atoms with Crippen LogP contribution in [-0.2, 0) is 4.74 Å². The van der Waals surface area contributed by atoms with Crippen molar-refractivity contribution >= 4 is 51.7 Å². The Morgan fingerprint density at radius 2 is 1.64 bits per heavy atom. The van der Waals surface area contributed by atoms with Crippen molar-refractivity contribution in [2.24, 2.45) is 0 Å². The number of anilines is 3. The number of nitrogens with zero attached hydrogens (tertiary/aromatic N) is 2. The average Bonchev–Trinajstić information content (AvgIpc) is 3.14. The predicted octanol–water partition coefficient (Wildman–Crippen LogP) is 4.05. The lowest BCUT2D eigenvalue weighted by Gasteiger charge is -2.14. The fourth-order valence-electron chi connectivity index (χ4n) is 4.05. The van der Waals surface area contributed by atoms with Crippen LogP contribution in [0, 0.1) is 0 Å². The SMILES string of the molecule is CCOC(=O)c1cnc2ccc(NC(=O)c3ccc(N4C(=O)c5ccccc5C4=O)cc3)cc2c1N. The summed E-state index contributed by atoms with van der Waals surface area (Å²) in [5, 5.41) is 3.29. The topological polar surface area (TPSA) is 132 Å². The molecule has 0 atom stereocenters. The minimum atomic E-state index is -0.572. The molecule has 0 saturated heterocycles. The number of hydrogen-bond donors (Lipinski definition) is 2. The molecule has 3 aromatic carbocycles. The smallest absolute Gasteiger partial charge is 0.341 e. The lowest BCUT2D eigenvalue weighted by atomic mass is 10.1. The third kappa shape index (κ3) is 3.82. The first kappa shape index (κ1) is 22.7. The van der Waals surface area contributed by atoms with Gasteiger partial charge in [-0.05, 0) is 61.5 Å². The van der Waals surface area contributed by atoms with Crippen molar-refractivity contribution in [2.45, 2.75) is 6.92 Å². The maximum Gasteiger partial charge on any atom is 0.341 e. The summed E-state index contributed by atoms with van der Waals surface area (Å²) in [5.74, 6) is -1.79. The highest BCUT2D eigenvalue weighted by Crippen LogP contribution is 2.29. The Morgan fingerprint density at radius 1 is 0.972 bits per heavy atom. The van der Waals surface area contributed by atoms with Gasteiger partial charge in [-0.3, -0.25) is 19.4 Å². The number of nitrogens with two attached hydrogens (primary N) is 1. The minimum Gasteiger partial charge on any atom is -0.462 e. The maximum atomic E-state index is 12.9. The van der Waals surface area contributed by atoms with E-state index >= 15 is 0 Å². The standard InChI is InChI=1S/C27H20N4O5/c1-2-36-27(35)21-14-29-22-12-9-16(13-20(22)23(21)28)30-24(32)15-7-10-17(11-8-15)31-25(33)18-5-3-4-6-19(18)26(31)34/h3-14H,2H2,1H3,(H2,28,29)(H,30,32). The van der Waals surface area contributed by atoms with Crippen molar-refractivity contribution in [1.82, 2.24) is 4.98 Å². The molecule has 0 saturated carbocycles. The van der Waals surface area contributed by atoms with Crippen LogP contribution >= 0.6 is 0 Å². The molecule has 0 unspecified atom stereocenters. The quantitative estimate of drug-likeness (QED) is 0.325. The molecule has 36 heavy (non-hydrogen) atoms. The van der Waals surface area contributed by atoms with Crippen molar-refractivity contribution in [3.8, 4) is 0 Å². The number of carbonyl (C=O) groups excluding carboxylic acids is 4. The number of esters is 1. The van der Waals surface area contributed by atoms with E-state index in [0.29, 0.717) is 39.0 Å². The van der Waals surface area contributed by atoms with Gasteiger partial charge in [-0.1, -0.05) is 12.1 Å². The van der Waals surface area contributed by atoms with Gasteiger partial charge in [0.1, 0.15) is 5.56 Å². The van der Waals surface area contributed by atoms with E-state index < -0.39 is 23.7 Å². The third-order valence-electron chi connectivity index (χ3n) is 5.84. The van der Waals surface area contributed by atoms with Crippen LogP contribution in [0.2, 0.25) is 0 Å². The lowest BCUT2D eigenvalue weighted by molar-refractivity contribution is 0.0527. The molecule has 1 aliphatic rings. The Labute approximate surface area is 205 Å². The van der Waals surface area contributed by atoms with Gasteiger partial charge < -0.3 is 15.8 Å². The van der Waals surface area contributed by atoms with Gasteiger partial charge in [-0.15, -0.1) is 0 Å². The van der Waals surface area contributed by atoms with Gasteiger partial charge >= 0.3 is 5.97 Å². The number of hydrogen-bond acceptors (Lipinski definition) is 7. The summed E-state index contributed by atoms with van der Waals surface area (Å²) in [6.45, 7) is 1.90. The molecule has 9 heteroatoms. The van der Waals surface area contributed by atoms with E-state index in [9.17, 15) is 19.2 Å². The number of nitrogen functional groups attached to an aromatic ring is 1. The van der Waals surface area contributed by atoms with Gasteiger partial charge in [0.25, 0.3) is 17.7 Å². The van der Waals surface area contributed by atoms with Gasteiger partial charge in [0.2, 0.25) is 0 Å². The Morgan fingerprint density at radius 3 is 2.28 bits per heavy atom. The zero-order chi connectivity index (χ0) is 25.4. The second-order valence-electron chi connectivity index (χ2n) is 8.03. The van der Waals surface area contributed by atoms with Crippen LogP contribution in [0.25, 0.3) is 10.9 Å². The third-order valence-corrected chi connectivity index (χ3v) is 5.84.